The van der Waals surface area contributed by atoms with E-state index in [4.69, 9.17) is 5.14 Å². The van der Waals surface area contributed by atoms with Crippen LogP contribution >= 0.6 is 11.8 Å². The van der Waals surface area contributed by atoms with E-state index < -0.39 is 26.1 Å². The minimum atomic E-state index is -3.81. The lowest BCUT2D eigenvalue weighted by Crippen LogP contribution is -2.22. The van der Waals surface area contributed by atoms with E-state index in [9.17, 15) is 28.1 Å². The zero-order valence-electron chi connectivity index (χ0n) is 17.8. The van der Waals surface area contributed by atoms with Crippen LogP contribution in [0.5, 0.6) is 0 Å². The molecule has 176 valence electrons. The van der Waals surface area contributed by atoms with Gasteiger partial charge in [-0.05, 0) is 61.5 Å². The van der Waals surface area contributed by atoms with Crippen LogP contribution in [0, 0.1) is 10.1 Å². The molecule has 3 rings (SSSR count). The molecule has 12 heteroatoms. The van der Waals surface area contributed by atoms with E-state index in [1.54, 1.807) is 31.2 Å². The molecule has 3 aromatic carbocycles. The van der Waals surface area contributed by atoms with Crippen LogP contribution in [0.3, 0.4) is 0 Å². The Morgan fingerprint density at radius 3 is 2.15 bits per heavy atom. The van der Waals surface area contributed by atoms with Gasteiger partial charge in [0.05, 0.1) is 15.1 Å². The average Bonchev–Trinajstić information content (AvgIpc) is 2.80. The Hall–Kier alpha value is -3.74. The molecule has 0 saturated carbocycles. The first-order chi connectivity index (χ1) is 16.0. The molecule has 0 fully saturated rings. The number of thioether (sulfide) groups is 1. The van der Waals surface area contributed by atoms with Gasteiger partial charge in [-0.2, -0.15) is 0 Å². The van der Waals surface area contributed by atoms with Crippen molar-refractivity contribution in [2.24, 2.45) is 5.14 Å². The number of rotatable bonds is 8. The summed E-state index contributed by atoms with van der Waals surface area (Å²) in [7, 11) is -3.81. The van der Waals surface area contributed by atoms with Crippen LogP contribution in [0.15, 0.2) is 82.6 Å². The van der Waals surface area contributed by atoms with Crippen molar-refractivity contribution in [1.29, 1.82) is 0 Å². The van der Waals surface area contributed by atoms with E-state index in [1.807, 2.05) is 0 Å². The molecule has 1 atom stereocenters. The highest BCUT2D eigenvalue weighted by atomic mass is 32.2. The lowest BCUT2D eigenvalue weighted by atomic mass is 10.2. The maximum atomic E-state index is 12.5. The highest BCUT2D eigenvalue weighted by Gasteiger charge is 2.16. The summed E-state index contributed by atoms with van der Waals surface area (Å²) in [5.41, 5.74) is 0.916. The molecule has 0 radical (unpaired) electrons. The molecule has 0 aliphatic heterocycles. The maximum absolute atomic E-state index is 12.5. The van der Waals surface area contributed by atoms with Gasteiger partial charge in [0.15, 0.2) is 0 Å². The van der Waals surface area contributed by atoms with Crippen molar-refractivity contribution in [2.75, 3.05) is 10.6 Å². The predicted octanol–water partition coefficient (Wildman–Crippen LogP) is 3.61. The third-order valence-electron chi connectivity index (χ3n) is 4.56. The van der Waals surface area contributed by atoms with Gasteiger partial charge in [0.1, 0.15) is 0 Å². The van der Waals surface area contributed by atoms with Gasteiger partial charge in [-0.3, -0.25) is 19.7 Å². The van der Waals surface area contributed by atoms with Crippen molar-refractivity contribution in [1.82, 2.24) is 0 Å². The smallest absolute Gasteiger partial charge is 0.270 e. The summed E-state index contributed by atoms with van der Waals surface area (Å²) in [4.78, 5) is 35.9. The van der Waals surface area contributed by atoms with Gasteiger partial charge < -0.3 is 10.6 Å². The van der Waals surface area contributed by atoms with Crippen molar-refractivity contribution in [3.05, 3.63) is 88.5 Å². The number of hydrogen-bond donors (Lipinski definition) is 3. The molecule has 0 saturated heterocycles. The molecule has 3 aromatic rings. The molecule has 10 nitrogen and oxygen atoms in total. The third kappa shape index (κ3) is 6.63. The minimum absolute atomic E-state index is 0.0504. The van der Waals surface area contributed by atoms with E-state index in [0.29, 0.717) is 11.4 Å². The molecule has 0 heterocycles. The highest BCUT2D eigenvalue weighted by molar-refractivity contribution is 8.00. The Bertz CT molecular complexity index is 1330. The number of nitrogens with zero attached hydrogens (tertiary/aromatic N) is 1. The minimum Gasteiger partial charge on any atom is -0.325 e. The van der Waals surface area contributed by atoms with Gasteiger partial charge in [0.25, 0.3) is 11.6 Å². The van der Waals surface area contributed by atoms with E-state index in [2.05, 4.69) is 10.6 Å². The zero-order chi connectivity index (χ0) is 24.9. The van der Waals surface area contributed by atoms with Gasteiger partial charge in [-0.1, -0.05) is 6.07 Å². The number of nitrogens with one attached hydrogen (secondary N) is 2. The largest absolute Gasteiger partial charge is 0.325 e. The van der Waals surface area contributed by atoms with Crippen LogP contribution in [-0.4, -0.2) is 30.4 Å². The summed E-state index contributed by atoms with van der Waals surface area (Å²) in [5.74, 6) is -0.762. The molecule has 34 heavy (non-hydrogen) atoms. The molecular formula is C22H20N4O6S2. The molecule has 4 N–H and O–H groups in total. The van der Waals surface area contributed by atoms with Gasteiger partial charge in [-0.25, -0.2) is 13.6 Å². The Morgan fingerprint density at radius 2 is 1.56 bits per heavy atom. The molecule has 2 amide bonds. The quantitative estimate of drug-likeness (QED) is 0.242. The van der Waals surface area contributed by atoms with E-state index in [-0.39, 0.29) is 22.1 Å². The van der Waals surface area contributed by atoms with Crippen molar-refractivity contribution < 1.29 is 22.9 Å². The number of amides is 2. The summed E-state index contributed by atoms with van der Waals surface area (Å²) < 4.78 is 22.6. The topological polar surface area (TPSA) is 162 Å². The molecule has 0 spiro atoms. The van der Waals surface area contributed by atoms with Crippen LogP contribution in [0.4, 0.5) is 17.1 Å². The van der Waals surface area contributed by atoms with E-state index >= 15 is 0 Å². The first-order valence-corrected chi connectivity index (χ1v) is 12.2. The normalized spacial score (nSPS) is 11.9. The van der Waals surface area contributed by atoms with E-state index in [0.717, 1.165) is 4.90 Å². The van der Waals surface area contributed by atoms with Crippen LogP contribution in [0.25, 0.3) is 0 Å². The Labute approximate surface area is 199 Å². The number of nitro benzene ring substituents is 1. The second-order valence-electron chi connectivity index (χ2n) is 7.10. The molecule has 1 unspecified atom stereocenters. The summed E-state index contributed by atoms with van der Waals surface area (Å²) in [6.07, 6.45) is 0. The molecule has 0 aliphatic carbocycles. The number of sulfonamides is 1. The van der Waals surface area contributed by atoms with Gasteiger partial charge in [-0.15, -0.1) is 11.8 Å². The standard InChI is InChI=1S/C22H20N4O6S2/c1-14(21(27)24-17-7-11-20(12-8-17)34(23,31)32)33-19-9-5-16(6-10-19)25-22(28)15-3-2-4-18(13-15)26(29)30/h2-14H,1H3,(H,24,27)(H,25,28)(H2,23,31,32). The van der Waals surface area contributed by atoms with Crippen LogP contribution in [0.1, 0.15) is 17.3 Å². The molecule has 0 aromatic heterocycles. The molecular weight excluding hydrogens is 480 g/mol. The number of anilines is 2. The number of primary sulfonamides is 1. The number of nitrogens with two attached hydrogens (primary N) is 1. The summed E-state index contributed by atoms with van der Waals surface area (Å²) in [6, 6.07) is 17.7. The van der Waals surface area contributed by atoms with Gasteiger partial charge >= 0.3 is 0 Å². The van der Waals surface area contributed by atoms with Crippen LogP contribution in [0.2, 0.25) is 0 Å². The first kappa shape index (κ1) is 24.9. The second kappa shape index (κ2) is 10.5. The first-order valence-electron chi connectivity index (χ1n) is 9.79. The lowest BCUT2D eigenvalue weighted by molar-refractivity contribution is -0.384. The van der Waals surface area contributed by atoms with Gasteiger partial charge in [0.2, 0.25) is 15.9 Å². The van der Waals surface area contributed by atoms with Crippen molar-refractivity contribution in [2.45, 2.75) is 22.0 Å². The fourth-order valence-corrected chi connectivity index (χ4v) is 4.19. The van der Waals surface area contributed by atoms with Gasteiger partial charge in [0, 0.05) is 34.0 Å². The number of non-ortho nitro benzene ring substituents is 1. The van der Waals surface area contributed by atoms with Crippen molar-refractivity contribution in [3.8, 4) is 0 Å². The lowest BCUT2D eigenvalue weighted by Gasteiger charge is -2.13. The van der Waals surface area contributed by atoms with Crippen molar-refractivity contribution >= 4 is 50.7 Å². The van der Waals surface area contributed by atoms with Crippen LogP contribution in [-0.2, 0) is 14.8 Å². The average molecular weight is 501 g/mol. The Balaban J connectivity index is 1.57. The third-order valence-corrected chi connectivity index (χ3v) is 6.61. The Kier molecular flexibility index (Phi) is 7.66. The van der Waals surface area contributed by atoms with E-state index in [1.165, 1.54) is 60.3 Å². The summed E-state index contributed by atoms with van der Waals surface area (Å²) >= 11 is 1.29. The zero-order valence-corrected chi connectivity index (χ0v) is 19.4. The SMILES string of the molecule is CC(Sc1ccc(NC(=O)c2cccc([N+](=O)[O-])c2)cc1)C(=O)Nc1ccc(S(N)(=O)=O)cc1. The number of nitro groups is 1. The fourth-order valence-electron chi connectivity index (χ4n) is 2.81. The summed E-state index contributed by atoms with van der Waals surface area (Å²) in [6.45, 7) is 1.72. The van der Waals surface area contributed by atoms with Crippen LogP contribution < -0.4 is 15.8 Å². The Morgan fingerprint density at radius 1 is 0.971 bits per heavy atom. The summed E-state index contributed by atoms with van der Waals surface area (Å²) in [5, 5.41) is 20.8. The fraction of sp³-hybridized carbons (Fsp3) is 0.0909. The number of carbonyl (C=O) groups is 2. The highest BCUT2D eigenvalue weighted by Crippen LogP contribution is 2.26. The maximum Gasteiger partial charge on any atom is 0.270 e. The van der Waals surface area contributed by atoms with Crippen molar-refractivity contribution in [3.63, 3.8) is 0 Å². The molecule has 0 aliphatic rings. The monoisotopic (exact) mass is 500 g/mol. The predicted molar refractivity (Wildman–Crippen MR) is 129 cm³/mol. The number of carbonyl (C=O) groups excluding carboxylic acids is 2. The molecule has 0 bridgehead atoms. The number of hydrogen-bond acceptors (Lipinski definition) is 7. The number of benzene rings is 3. The second-order valence-corrected chi connectivity index (χ2v) is 10.1.